The lowest BCUT2D eigenvalue weighted by Gasteiger charge is -2.12. The van der Waals surface area contributed by atoms with Crippen molar-refractivity contribution in [3.8, 4) is 0 Å². The van der Waals surface area contributed by atoms with Gasteiger partial charge in [0.05, 0.1) is 11.8 Å². The van der Waals surface area contributed by atoms with Gasteiger partial charge in [0.1, 0.15) is 18.8 Å². The lowest BCUT2D eigenvalue weighted by Crippen LogP contribution is -2.46. The molecular weight excluding hydrogens is 228 g/mol. The first-order chi connectivity index (χ1) is 8.00. The van der Waals surface area contributed by atoms with Gasteiger partial charge >= 0.3 is 5.97 Å². The zero-order chi connectivity index (χ0) is 12.8. The van der Waals surface area contributed by atoms with Gasteiger partial charge in [-0.3, -0.25) is 14.4 Å². The summed E-state index contributed by atoms with van der Waals surface area (Å²) in [6, 6.07) is 0.633. The smallest absolute Gasteiger partial charge is 0.322 e. The number of carbonyl (C=O) groups excluding carboxylic acids is 2. The van der Waals surface area contributed by atoms with Crippen LogP contribution < -0.4 is 10.6 Å². The number of carboxylic acids is 1. The summed E-state index contributed by atoms with van der Waals surface area (Å²) < 4.78 is 4.72. The van der Waals surface area contributed by atoms with Crippen LogP contribution in [0.4, 0.5) is 0 Å². The molecule has 92 valence electrons. The third-order valence-electron chi connectivity index (χ3n) is 1.94. The summed E-state index contributed by atoms with van der Waals surface area (Å²) in [7, 11) is 0. The van der Waals surface area contributed by atoms with Crippen LogP contribution in [0.2, 0.25) is 0 Å². The maximum absolute atomic E-state index is 11.5. The molecular formula is C10H12N2O5. The Kier molecular flexibility index (Phi) is 4.27. The Hall–Kier alpha value is -2.31. The van der Waals surface area contributed by atoms with Crippen molar-refractivity contribution in [3.63, 3.8) is 0 Å². The Morgan fingerprint density at radius 1 is 1.47 bits per heavy atom. The van der Waals surface area contributed by atoms with Crippen LogP contribution in [0.25, 0.3) is 0 Å². The van der Waals surface area contributed by atoms with Gasteiger partial charge in [0.2, 0.25) is 5.91 Å². The molecule has 0 saturated heterocycles. The van der Waals surface area contributed by atoms with Gasteiger partial charge < -0.3 is 20.2 Å². The Morgan fingerprint density at radius 3 is 2.71 bits per heavy atom. The van der Waals surface area contributed by atoms with Crippen LogP contribution in [0, 0.1) is 0 Å². The summed E-state index contributed by atoms with van der Waals surface area (Å²) in [5.41, 5.74) is 0.294. The quantitative estimate of drug-likeness (QED) is 0.648. The molecule has 1 aromatic heterocycles. The maximum Gasteiger partial charge on any atom is 0.322 e. The van der Waals surface area contributed by atoms with Crippen molar-refractivity contribution in [2.24, 2.45) is 0 Å². The molecule has 7 heteroatoms. The molecule has 17 heavy (non-hydrogen) atoms. The second-order valence-electron chi connectivity index (χ2n) is 3.32. The van der Waals surface area contributed by atoms with Crippen molar-refractivity contribution >= 4 is 17.8 Å². The number of amides is 2. The predicted molar refractivity (Wildman–Crippen MR) is 56.3 cm³/mol. The molecule has 7 nitrogen and oxygen atoms in total. The molecule has 0 bridgehead atoms. The zero-order valence-electron chi connectivity index (χ0n) is 9.10. The van der Waals surface area contributed by atoms with Crippen molar-refractivity contribution in [1.29, 1.82) is 0 Å². The lowest BCUT2D eigenvalue weighted by molar-refractivity contribution is -0.138. The zero-order valence-corrected chi connectivity index (χ0v) is 9.10. The first-order valence-corrected chi connectivity index (χ1v) is 4.83. The topological polar surface area (TPSA) is 109 Å². The minimum atomic E-state index is -1.15. The fraction of sp³-hybridized carbons (Fsp3) is 0.300. The van der Waals surface area contributed by atoms with Gasteiger partial charge in [0.25, 0.3) is 5.91 Å². The maximum atomic E-state index is 11.5. The van der Waals surface area contributed by atoms with Crippen LogP contribution in [-0.2, 0) is 9.59 Å². The van der Waals surface area contributed by atoms with Crippen LogP contribution in [0.3, 0.4) is 0 Å². The minimum absolute atomic E-state index is 0.294. The molecule has 0 aliphatic carbocycles. The number of aliphatic carboxylic acids is 1. The van der Waals surface area contributed by atoms with Crippen molar-refractivity contribution in [1.82, 2.24) is 10.6 Å². The number of carboxylic acid groups (broad SMARTS) is 1. The Balaban J connectivity index is 2.43. The van der Waals surface area contributed by atoms with E-state index in [1.807, 2.05) is 0 Å². The third kappa shape index (κ3) is 3.98. The summed E-state index contributed by atoms with van der Waals surface area (Å²) in [5, 5.41) is 12.9. The van der Waals surface area contributed by atoms with Crippen LogP contribution in [0.15, 0.2) is 23.0 Å². The molecule has 0 fully saturated rings. The lowest BCUT2D eigenvalue weighted by atomic mass is 10.2. The number of hydrogen-bond donors (Lipinski definition) is 3. The molecule has 1 rings (SSSR count). The van der Waals surface area contributed by atoms with Crippen molar-refractivity contribution in [2.75, 3.05) is 6.54 Å². The van der Waals surface area contributed by atoms with E-state index in [1.54, 1.807) is 0 Å². The summed E-state index contributed by atoms with van der Waals surface area (Å²) in [6.45, 7) is 0.972. The SMILES string of the molecule is CC(NC(=O)c1ccoc1)C(=O)NCC(=O)O. The molecule has 0 aliphatic heterocycles. The number of nitrogens with one attached hydrogen (secondary N) is 2. The molecule has 0 saturated carbocycles. The minimum Gasteiger partial charge on any atom is -0.480 e. The highest BCUT2D eigenvalue weighted by Crippen LogP contribution is 1.99. The van der Waals surface area contributed by atoms with E-state index in [1.165, 1.54) is 25.5 Å². The second kappa shape index (κ2) is 5.69. The van der Waals surface area contributed by atoms with E-state index in [4.69, 9.17) is 9.52 Å². The average Bonchev–Trinajstić information content (AvgIpc) is 2.78. The van der Waals surface area contributed by atoms with Gasteiger partial charge in [-0.05, 0) is 13.0 Å². The summed E-state index contributed by atoms with van der Waals surface area (Å²) in [5.74, 6) is -2.17. The summed E-state index contributed by atoms with van der Waals surface area (Å²) in [6.07, 6.45) is 2.58. The van der Waals surface area contributed by atoms with Crippen LogP contribution in [0.1, 0.15) is 17.3 Å². The monoisotopic (exact) mass is 240 g/mol. The van der Waals surface area contributed by atoms with E-state index in [9.17, 15) is 14.4 Å². The van der Waals surface area contributed by atoms with Gasteiger partial charge in [-0.15, -0.1) is 0 Å². The Labute approximate surface area is 96.8 Å². The Bertz CT molecular complexity index is 412. The van der Waals surface area contributed by atoms with Gasteiger partial charge in [-0.1, -0.05) is 0 Å². The fourth-order valence-electron chi connectivity index (χ4n) is 1.06. The number of furan rings is 1. The van der Waals surface area contributed by atoms with Crippen LogP contribution >= 0.6 is 0 Å². The first-order valence-electron chi connectivity index (χ1n) is 4.83. The highest BCUT2D eigenvalue weighted by Gasteiger charge is 2.17. The van der Waals surface area contributed by atoms with E-state index in [0.717, 1.165) is 0 Å². The third-order valence-corrected chi connectivity index (χ3v) is 1.94. The number of hydrogen-bond acceptors (Lipinski definition) is 4. The van der Waals surface area contributed by atoms with E-state index in [0.29, 0.717) is 5.56 Å². The molecule has 1 unspecified atom stereocenters. The summed E-state index contributed by atoms with van der Waals surface area (Å²) >= 11 is 0. The number of rotatable bonds is 5. The standard InChI is InChI=1S/C10H12N2O5/c1-6(9(15)11-4-8(13)14)12-10(16)7-2-3-17-5-7/h2-3,5-6H,4H2,1H3,(H,11,15)(H,12,16)(H,13,14). The largest absolute Gasteiger partial charge is 0.480 e. The molecule has 1 atom stereocenters. The molecule has 0 aliphatic rings. The summed E-state index contributed by atoms with van der Waals surface area (Å²) in [4.78, 5) is 33.1. The van der Waals surface area contributed by atoms with Crippen molar-refractivity contribution in [3.05, 3.63) is 24.2 Å². The second-order valence-corrected chi connectivity index (χ2v) is 3.32. The number of carbonyl (C=O) groups is 3. The van der Waals surface area contributed by atoms with Gasteiger partial charge in [0, 0.05) is 0 Å². The van der Waals surface area contributed by atoms with Crippen LogP contribution in [0.5, 0.6) is 0 Å². The normalized spacial score (nSPS) is 11.6. The highest BCUT2D eigenvalue weighted by molar-refractivity contribution is 5.97. The molecule has 0 radical (unpaired) electrons. The molecule has 3 N–H and O–H groups in total. The first kappa shape index (κ1) is 12.8. The molecule has 1 heterocycles. The van der Waals surface area contributed by atoms with Crippen molar-refractivity contribution in [2.45, 2.75) is 13.0 Å². The van der Waals surface area contributed by atoms with Crippen LogP contribution in [-0.4, -0.2) is 35.5 Å². The van der Waals surface area contributed by atoms with E-state index in [-0.39, 0.29) is 0 Å². The average molecular weight is 240 g/mol. The van der Waals surface area contributed by atoms with Gasteiger partial charge in [-0.25, -0.2) is 0 Å². The Morgan fingerprint density at radius 2 is 2.18 bits per heavy atom. The van der Waals surface area contributed by atoms with Gasteiger partial charge in [0.15, 0.2) is 0 Å². The molecule has 1 aromatic rings. The molecule has 0 spiro atoms. The van der Waals surface area contributed by atoms with Gasteiger partial charge in [-0.2, -0.15) is 0 Å². The molecule has 0 aromatic carbocycles. The van der Waals surface area contributed by atoms with Crippen molar-refractivity contribution < 1.29 is 23.9 Å². The fourth-order valence-corrected chi connectivity index (χ4v) is 1.06. The van der Waals surface area contributed by atoms with E-state index < -0.39 is 30.4 Å². The van der Waals surface area contributed by atoms with E-state index >= 15 is 0 Å². The highest BCUT2D eigenvalue weighted by atomic mass is 16.4. The van der Waals surface area contributed by atoms with E-state index in [2.05, 4.69) is 10.6 Å². The predicted octanol–water partition coefficient (Wildman–Crippen LogP) is -0.401. The molecule has 2 amide bonds.